The smallest absolute Gasteiger partial charge is 0.103 e. The third-order valence-corrected chi connectivity index (χ3v) is 3.83. The Morgan fingerprint density at radius 1 is 1.19 bits per heavy atom. The lowest BCUT2D eigenvalue weighted by Crippen LogP contribution is -2.42. The molecular weight excluding hydrogens is 264 g/mol. The first-order valence-electron chi connectivity index (χ1n) is 7.26. The molecule has 1 aromatic carbocycles. The molecule has 2 unspecified atom stereocenters. The van der Waals surface area contributed by atoms with Gasteiger partial charge in [0, 0.05) is 25.8 Å². The number of nitrogens with one attached hydrogen (secondary N) is 1. The normalized spacial score (nSPS) is 23.1. The van der Waals surface area contributed by atoms with Crippen LogP contribution in [0, 0.1) is 0 Å². The summed E-state index contributed by atoms with van der Waals surface area (Å²) in [5.41, 5.74) is 1.31. The van der Waals surface area contributed by atoms with E-state index in [1.54, 1.807) is 6.20 Å². The number of rotatable bonds is 5. The highest BCUT2D eigenvalue weighted by molar-refractivity contribution is 5.27. The molecule has 4 nitrogen and oxygen atoms in total. The van der Waals surface area contributed by atoms with Gasteiger partial charge in [-0.25, -0.2) is 0 Å². The number of aliphatic hydroxyl groups is 1. The zero-order valence-electron chi connectivity index (χ0n) is 11.9. The van der Waals surface area contributed by atoms with E-state index in [-0.39, 0.29) is 6.04 Å². The molecule has 4 heteroatoms. The number of aromatic nitrogens is 1. The van der Waals surface area contributed by atoms with Crippen LogP contribution in [0.5, 0.6) is 0 Å². The lowest BCUT2D eigenvalue weighted by Gasteiger charge is -2.25. The van der Waals surface area contributed by atoms with E-state index in [1.807, 2.05) is 36.4 Å². The van der Waals surface area contributed by atoms with Gasteiger partial charge in [-0.1, -0.05) is 36.4 Å². The van der Waals surface area contributed by atoms with Crippen LogP contribution < -0.4 is 5.32 Å². The van der Waals surface area contributed by atoms with E-state index in [0.29, 0.717) is 26.2 Å². The molecule has 0 bridgehead atoms. The number of ether oxygens (including phenoxy) is 1. The van der Waals surface area contributed by atoms with Crippen molar-refractivity contribution in [3.8, 4) is 0 Å². The van der Waals surface area contributed by atoms with Crippen LogP contribution in [0.2, 0.25) is 0 Å². The summed E-state index contributed by atoms with van der Waals surface area (Å²) in [5.74, 6) is 0. The van der Waals surface area contributed by atoms with Crippen LogP contribution in [0.1, 0.15) is 23.7 Å². The van der Waals surface area contributed by atoms with Crippen molar-refractivity contribution in [2.45, 2.75) is 18.1 Å². The van der Waals surface area contributed by atoms with E-state index in [2.05, 4.69) is 22.4 Å². The predicted molar refractivity (Wildman–Crippen MR) is 80.9 cm³/mol. The van der Waals surface area contributed by atoms with Crippen LogP contribution in [-0.2, 0) is 4.74 Å². The van der Waals surface area contributed by atoms with Gasteiger partial charge in [0.15, 0.2) is 0 Å². The summed E-state index contributed by atoms with van der Waals surface area (Å²) in [6.07, 6.45) is 2.46. The Bertz CT molecular complexity index is 514. The summed E-state index contributed by atoms with van der Waals surface area (Å²) in [4.78, 5) is 4.45. The van der Waals surface area contributed by atoms with E-state index in [0.717, 1.165) is 11.3 Å². The van der Waals surface area contributed by atoms with Crippen LogP contribution in [0.4, 0.5) is 0 Å². The van der Waals surface area contributed by atoms with Crippen molar-refractivity contribution in [2.75, 3.05) is 19.8 Å². The van der Waals surface area contributed by atoms with Crippen LogP contribution in [-0.4, -0.2) is 35.5 Å². The summed E-state index contributed by atoms with van der Waals surface area (Å²) >= 11 is 0. The van der Waals surface area contributed by atoms with Crippen LogP contribution in [0.15, 0.2) is 54.7 Å². The van der Waals surface area contributed by atoms with Crippen molar-refractivity contribution in [3.05, 3.63) is 66.0 Å². The Balaban J connectivity index is 1.80. The number of nitrogens with zero attached hydrogens (tertiary/aromatic N) is 1. The maximum absolute atomic E-state index is 10.4. The highest BCUT2D eigenvalue weighted by Gasteiger charge is 2.33. The van der Waals surface area contributed by atoms with E-state index < -0.39 is 5.60 Å². The molecule has 1 aliphatic rings. The van der Waals surface area contributed by atoms with Crippen molar-refractivity contribution in [3.63, 3.8) is 0 Å². The molecule has 0 amide bonds. The second-order valence-electron chi connectivity index (χ2n) is 5.51. The minimum atomic E-state index is -0.776. The van der Waals surface area contributed by atoms with Gasteiger partial charge < -0.3 is 15.2 Å². The molecule has 1 saturated heterocycles. The lowest BCUT2D eigenvalue weighted by molar-refractivity contribution is 0.0256. The molecule has 110 valence electrons. The predicted octanol–water partition coefficient (Wildman–Crippen LogP) is 1.91. The van der Waals surface area contributed by atoms with Gasteiger partial charge in [-0.2, -0.15) is 0 Å². The van der Waals surface area contributed by atoms with Crippen LogP contribution >= 0.6 is 0 Å². The highest BCUT2D eigenvalue weighted by Crippen LogP contribution is 2.23. The molecule has 1 aromatic heterocycles. The van der Waals surface area contributed by atoms with Crippen LogP contribution in [0.25, 0.3) is 0 Å². The average Bonchev–Trinajstić information content (AvgIpc) is 2.97. The number of benzene rings is 1. The number of hydrogen-bond acceptors (Lipinski definition) is 4. The van der Waals surface area contributed by atoms with Crippen molar-refractivity contribution < 1.29 is 9.84 Å². The Morgan fingerprint density at radius 2 is 2.00 bits per heavy atom. The molecule has 2 atom stereocenters. The van der Waals surface area contributed by atoms with Crippen molar-refractivity contribution in [1.29, 1.82) is 0 Å². The Labute approximate surface area is 124 Å². The molecule has 0 saturated carbocycles. The molecule has 0 aliphatic carbocycles. The summed E-state index contributed by atoms with van der Waals surface area (Å²) in [6, 6.07) is 16.0. The molecule has 0 spiro atoms. The summed E-state index contributed by atoms with van der Waals surface area (Å²) in [7, 11) is 0. The molecular formula is C17H20N2O2. The standard InChI is InChI=1S/C17H20N2O2/c20-17(9-11-21-13-17)12-19-16(14-6-2-1-3-7-14)15-8-4-5-10-18-15/h1-8,10,16,19-20H,9,11-13H2. The second-order valence-corrected chi connectivity index (χ2v) is 5.51. The average molecular weight is 284 g/mol. The summed E-state index contributed by atoms with van der Waals surface area (Å²) in [6.45, 7) is 1.50. The molecule has 2 N–H and O–H groups in total. The molecule has 1 aliphatic heterocycles. The van der Waals surface area contributed by atoms with Gasteiger partial charge in [0.2, 0.25) is 0 Å². The largest absolute Gasteiger partial charge is 0.386 e. The molecule has 2 heterocycles. The quantitative estimate of drug-likeness (QED) is 0.880. The maximum Gasteiger partial charge on any atom is 0.103 e. The van der Waals surface area contributed by atoms with Crippen LogP contribution in [0.3, 0.4) is 0 Å². The first-order valence-corrected chi connectivity index (χ1v) is 7.26. The topological polar surface area (TPSA) is 54.4 Å². The second kappa shape index (κ2) is 6.35. The number of pyridine rings is 1. The van der Waals surface area contributed by atoms with Crippen molar-refractivity contribution in [1.82, 2.24) is 10.3 Å². The minimum absolute atomic E-state index is 0.0305. The number of hydrogen-bond donors (Lipinski definition) is 2. The van der Waals surface area contributed by atoms with Gasteiger partial charge in [0.25, 0.3) is 0 Å². The van der Waals surface area contributed by atoms with Crippen molar-refractivity contribution >= 4 is 0 Å². The first kappa shape index (κ1) is 14.2. The zero-order chi connectivity index (χ0) is 14.5. The Morgan fingerprint density at radius 3 is 2.67 bits per heavy atom. The van der Waals surface area contributed by atoms with Gasteiger partial charge in [0.05, 0.1) is 18.3 Å². The molecule has 2 aromatic rings. The first-order chi connectivity index (χ1) is 10.3. The van der Waals surface area contributed by atoms with Gasteiger partial charge in [-0.3, -0.25) is 4.98 Å². The maximum atomic E-state index is 10.4. The van der Waals surface area contributed by atoms with E-state index >= 15 is 0 Å². The van der Waals surface area contributed by atoms with Gasteiger partial charge >= 0.3 is 0 Å². The fourth-order valence-electron chi connectivity index (χ4n) is 2.61. The van der Waals surface area contributed by atoms with Crippen molar-refractivity contribution in [2.24, 2.45) is 0 Å². The molecule has 0 radical (unpaired) electrons. The van der Waals surface area contributed by atoms with E-state index in [1.165, 1.54) is 0 Å². The Hall–Kier alpha value is -1.75. The molecule has 21 heavy (non-hydrogen) atoms. The highest BCUT2D eigenvalue weighted by atomic mass is 16.5. The monoisotopic (exact) mass is 284 g/mol. The third-order valence-electron chi connectivity index (χ3n) is 3.83. The van der Waals surface area contributed by atoms with Gasteiger partial charge in [0.1, 0.15) is 5.60 Å². The van der Waals surface area contributed by atoms with Gasteiger partial charge in [-0.05, 0) is 17.7 Å². The summed E-state index contributed by atoms with van der Waals surface area (Å²) in [5, 5.41) is 13.9. The zero-order valence-corrected chi connectivity index (χ0v) is 11.9. The lowest BCUT2D eigenvalue weighted by atomic mass is 9.99. The van der Waals surface area contributed by atoms with Gasteiger partial charge in [-0.15, -0.1) is 0 Å². The van der Waals surface area contributed by atoms with E-state index in [9.17, 15) is 5.11 Å². The fraction of sp³-hybridized carbons (Fsp3) is 0.353. The minimum Gasteiger partial charge on any atom is -0.386 e. The van der Waals surface area contributed by atoms with E-state index in [4.69, 9.17) is 4.74 Å². The fourth-order valence-corrected chi connectivity index (χ4v) is 2.61. The molecule has 1 fully saturated rings. The SMILES string of the molecule is OC1(CNC(c2ccccc2)c2ccccn2)CCOC1. The molecule has 3 rings (SSSR count). The third kappa shape index (κ3) is 3.47. The Kier molecular flexibility index (Phi) is 4.29. The summed E-state index contributed by atoms with van der Waals surface area (Å²) < 4.78 is 5.30.